The van der Waals surface area contributed by atoms with Crippen LogP contribution < -0.4 is 20.7 Å². The Morgan fingerprint density at radius 1 is 1.21 bits per heavy atom. The molecule has 2 rings (SSSR count). The lowest BCUT2D eigenvalue weighted by Gasteiger charge is -2.29. The van der Waals surface area contributed by atoms with E-state index in [2.05, 4.69) is 39.7 Å². The van der Waals surface area contributed by atoms with Crippen molar-refractivity contribution in [3.8, 4) is 5.75 Å². The summed E-state index contributed by atoms with van der Waals surface area (Å²) >= 11 is 0. The molecule has 0 saturated carbocycles. The van der Waals surface area contributed by atoms with Crippen molar-refractivity contribution in [3.05, 3.63) is 29.8 Å². The van der Waals surface area contributed by atoms with E-state index in [1.54, 1.807) is 19.2 Å². The Bertz CT molecular complexity index is 642. The minimum absolute atomic E-state index is 0.108. The van der Waals surface area contributed by atoms with Crippen LogP contribution in [0.3, 0.4) is 0 Å². The summed E-state index contributed by atoms with van der Waals surface area (Å²) < 4.78 is 5.16. The van der Waals surface area contributed by atoms with E-state index >= 15 is 0 Å². The van der Waals surface area contributed by atoms with E-state index in [0.717, 1.165) is 37.9 Å². The fourth-order valence-corrected chi connectivity index (χ4v) is 3.34. The largest absolute Gasteiger partial charge is 0.497 e. The van der Waals surface area contributed by atoms with Crippen LogP contribution in [0.15, 0.2) is 29.3 Å². The maximum absolute atomic E-state index is 12.2. The van der Waals surface area contributed by atoms with Gasteiger partial charge in [0.25, 0.3) is 5.91 Å². The average Bonchev–Trinajstić information content (AvgIpc) is 2.75. The van der Waals surface area contributed by atoms with E-state index in [1.807, 2.05) is 12.1 Å². The van der Waals surface area contributed by atoms with E-state index < -0.39 is 0 Å². The van der Waals surface area contributed by atoms with E-state index in [9.17, 15) is 4.79 Å². The summed E-state index contributed by atoms with van der Waals surface area (Å²) in [6, 6.07) is 7.15. The molecule has 0 aromatic heterocycles. The number of nitrogens with one attached hydrogen (secondary N) is 3. The van der Waals surface area contributed by atoms with Crippen LogP contribution in [0.5, 0.6) is 5.75 Å². The van der Waals surface area contributed by atoms with Crippen molar-refractivity contribution in [2.24, 2.45) is 10.9 Å². The first-order chi connectivity index (χ1) is 14.1. The van der Waals surface area contributed by atoms with Gasteiger partial charge in [0.2, 0.25) is 0 Å². The number of rotatable bonds is 10. The average molecular weight is 404 g/mol. The molecule has 1 saturated heterocycles. The molecule has 1 amide bonds. The minimum atomic E-state index is -0.108. The van der Waals surface area contributed by atoms with Crippen LogP contribution in [0.1, 0.15) is 43.5 Å². The molecule has 0 radical (unpaired) electrons. The maximum Gasteiger partial charge on any atom is 0.251 e. The Hall–Kier alpha value is -2.28. The van der Waals surface area contributed by atoms with Crippen molar-refractivity contribution in [2.75, 3.05) is 52.9 Å². The number of methoxy groups -OCH3 is 1. The van der Waals surface area contributed by atoms with Crippen LogP contribution in [0.25, 0.3) is 0 Å². The minimum Gasteiger partial charge on any atom is -0.497 e. The standard InChI is InChI=1S/C22H37N5O2/c1-4-23-22(25-11-6-14-27-15-9-18(2)10-16-27)26-13-12-24-21(28)19-7-5-8-20(17-19)29-3/h5,7-8,17-18H,4,6,9-16H2,1-3H3,(H,24,28)(H2,23,25,26). The third-order valence-electron chi connectivity index (χ3n) is 5.16. The van der Waals surface area contributed by atoms with Gasteiger partial charge in [-0.3, -0.25) is 9.79 Å². The number of aliphatic imine (C=N–C) groups is 1. The lowest BCUT2D eigenvalue weighted by molar-refractivity contribution is 0.0954. The molecule has 29 heavy (non-hydrogen) atoms. The molecule has 162 valence electrons. The van der Waals surface area contributed by atoms with Gasteiger partial charge in [-0.15, -0.1) is 0 Å². The second-order valence-corrected chi connectivity index (χ2v) is 7.55. The molecular weight excluding hydrogens is 366 g/mol. The zero-order chi connectivity index (χ0) is 20.9. The van der Waals surface area contributed by atoms with Crippen LogP contribution in [-0.4, -0.2) is 69.7 Å². The van der Waals surface area contributed by atoms with Gasteiger partial charge in [-0.2, -0.15) is 0 Å². The molecule has 0 unspecified atom stereocenters. The maximum atomic E-state index is 12.2. The van der Waals surface area contributed by atoms with E-state index in [-0.39, 0.29) is 5.91 Å². The molecule has 3 N–H and O–H groups in total. The predicted octanol–water partition coefficient (Wildman–Crippen LogP) is 2.10. The van der Waals surface area contributed by atoms with Crippen LogP contribution in [0, 0.1) is 5.92 Å². The summed E-state index contributed by atoms with van der Waals surface area (Å²) in [5, 5.41) is 9.45. The summed E-state index contributed by atoms with van der Waals surface area (Å²) in [5.74, 6) is 2.24. The van der Waals surface area contributed by atoms with Crippen molar-refractivity contribution in [1.29, 1.82) is 0 Å². The molecular formula is C22H37N5O2. The highest BCUT2D eigenvalue weighted by Gasteiger charge is 2.14. The van der Waals surface area contributed by atoms with Crippen molar-refractivity contribution >= 4 is 11.9 Å². The number of nitrogens with zero attached hydrogens (tertiary/aromatic N) is 2. The molecule has 1 fully saturated rings. The first-order valence-corrected chi connectivity index (χ1v) is 10.8. The Morgan fingerprint density at radius 3 is 2.69 bits per heavy atom. The van der Waals surface area contributed by atoms with E-state index in [4.69, 9.17) is 4.74 Å². The fourth-order valence-electron chi connectivity index (χ4n) is 3.34. The van der Waals surface area contributed by atoms with Gasteiger partial charge in [0, 0.05) is 31.7 Å². The molecule has 1 heterocycles. The van der Waals surface area contributed by atoms with Gasteiger partial charge < -0.3 is 25.6 Å². The number of piperidine rings is 1. The summed E-state index contributed by atoms with van der Waals surface area (Å²) in [5.41, 5.74) is 0.594. The Balaban J connectivity index is 1.65. The number of hydrogen-bond donors (Lipinski definition) is 3. The molecule has 1 aliphatic rings. The van der Waals surface area contributed by atoms with Gasteiger partial charge >= 0.3 is 0 Å². The molecule has 1 aromatic carbocycles. The summed E-state index contributed by atoms with van der Waals surface area (Å²) in [7, 11) is 1.59. The molecule has 1 aromatic rings. The number of amides is 1. The summed E-state index contributed by atoms with van der Waals surface area (Å²) in [6.07, 6.45) is 3.70. The van der Waals surface area contributed by atoms with Gasteiger partial charge in [-0.25, -0.2) is 0 Å². The summed E-state index contributed by atoms with van der Waals surface area (Å²) in [4.78, 5) is 19.4. The number of guanidine groups is 1. The molecule has 0 aliphatic carbocycles. The molecule has 0 atom stereocenters. The zero-order valence-electron chi connectivity index (χ0n) is 18.2. The lowest BCUT2D eigenvalue weighted by Crippen LogP contribution is -2.41. The first-order valence-electron chi connectivity index (χ1n) is 10.8. The van der Waals surface area contributed by atoms with Crippen LogP contribution >= 0.6 is 0 Å². The molecule has 1 aliphatic heterocycles. The first kappa shape index (κ1) is 23.0. The number of benzene rings is 1. The number of hydrogen-bond acceptors (Lipinski definition) is 4. The molecule has 7 nitrogen and oxygen atoms in total. The van der Waals surface area contributed by atoms with Crippen molar-refractivity contribution in [2.45, 2.75) is 33.1 Å². The van der Waals surface area contributed by atoms with Crippen LogP contribution in [0.4, 0.5) is 0 Å². The quantitative estimate of drug-likeness (QED) is 0.317. The number of carbonyl (C=O) groups excluding carboxylic acids is 1. The second-order valence-electron chi connectivity index (χ2n) is 7.55. The molecule has 7 heteroatoms. The SMILES string of the molecule is CCNC(=NCCCN1CCC(C)CC1)NCCNC(=O)c1cccc(OC)c1. The van der Waals surface area contributed by atoms with Crippen molar-refractivity contribution < 1.29 is 9.53 Å². The Kier molecular flexibility index (Phi) is 10.3. The van der Waals surface area contributed by atoms with Gasteiger partial charge in [-0.1, -0.05) is 13.0 Å². The van der Waals surface area contributed by atoms with E-state index in [1.165, 1.54) is 25.9 Å². The van der Waals surface area contributed by atoms with Gasteiger partial charge in [0.15, 0.2) is 5.96 Å². The number of ether oxygens (including phenoxy) is 1. The normalized spacial score (nSPS) is 15.8. The fraction of sp³-hybridized carbons (Fsp3) is 0.636. The van der Waals surface area contributed by atoms with E-state index in [0.29, 0.717) is 24.4 Å². The topological polar surface area (TPSA) is 78.0 Å². The second kappa shape index (κ2) is 13.0. The third-order valence-corrected chi connectivity index (χ3v) is 5.16. The highest BCUT2D eigenvalue weighted by Crippen LogP contribution is 2.15. The van der Waals surface area contributed by atoms with Gasteiger partial charge in [0.05, 0.1) is 7.11 Å². The zero-order valence-corrected chi connectivity index (χ0v) is 18.2. The number of likely N-dealkylation sites (tertiary alicyclic amines) is 1. The highest BCUT2D eigenvalue weighted by atomic mass is 16.5. The van der Waals surface area contributed by atoms with Crippen LogP contribution in [-0.2, 0) is 0 Å². The third kappa shape index (κ3) is 8.73. The molecule has 0 spiro atoms. The van der Waals surface area contributed by atoms with Gasteiger partial charge in [0.1, 0.15) is 5.75 Å². The van der Waals surface area contributed by atoms with Gasteiger partial charge in [-0.05, 0) is 69.9 Å². The summed E-state index contributed by atoms with van der Waals surface area (Å²) in [6.45, 7) is 10.7. The monoisotopic (exact) mass is 403 g/mol. The number of carbonyl (C=O) groups is 1. The molecule has 0 bridgehead atoms. The predicted molar refractivity (Wildman–Crippen MR) is 119 cm³/mol. The van der Waals surface area contributed by atoms with Crippen LogP contribution in [0.2, 0.25) is 0 Å². The Morgan fingerprint density at radius 2 is 1.97 bits per heavy atom. The Labute approximate surface area is 175 Å². The highest BCUT2D eigenvalue weighted by molar-refractivity contribution is 5.94. The smallest absolute Gasteiger partial charge is 0.251 e. The van der Waals surface area contributed by atoms with Crippen molar-refractivity contribution in [1.82, 2.24) is 20.9 Å². The van der Waals surface area contributed by atoms with Crippen molar-refractivity contribution in [3.63, 3.8) is 0 Å². The lowest BCUT2D eigenvalue weighted by atomic mass is 9.99.